The van der Waals surface area contributed by atoms with Crippen LogP contribution in [0.25, 0.3) is 0 Å². The molecule has 0 bridgehead atoms. The number of benzene rings is 2. The Morgan fingerprint density at radius 2 is 1.44 bits per heavy atom. The summed E-state index contributed by atoms with van der Waals surface area (Å²) in [5, 5.41) is 12.3. The molecule has 2 aromatic carbocycles. The SMILES string of the molecule is CC[C@H](C)[C@@H](NC(=O)C(C)(c1ccccc1)c1ccccc1)C(=O)O. The first-order valence-corrected chi connectivity index (χ1v) is 8.56. The van der Waals surface area contributed by atoms with E-state index in [2.05, 4.69) is 5.32 Å². The fourth-order valence-corrected chi connectivity index (χ4v) is 2.94. The van der Waals surface area contributed by atoms with Crippen molar-refractivity contribution in [3.63, 3.8) is 0 Å². The molecular formula is C21H25NO3. The van der Waals surface area contributed by atoms with Crippen molar-refractivity contribution >= 4 is 11.9 Å². The summed E-state index contributed by atoms with van der Waals surface area (Å²) in [7, 11) is 0. The van der Waals surface area contributed by atoms with Crippen LogP contribution in [0.3, 0.4) is 0 Å². The van der Waals surface area contributed by atoms with E-state index in [-0.39, 0.29) is 11.8 Å². The summed E-state index contributed by atoms with van der Waals surface area (Å²) in [6.45, 7) is 5.59. The average molecular weight is 339 g/mol. The fraction of sp³-hybridized carbons (Fsp3) is 0.333. The second kappa shape index (κ2) is 7.97. The minimum Gasteiger partial charge on any atom is -0.480 e. The van der Waals surface area contributed by atoms with Crippen molar-refractivity contribution in [2.24, 2.45) is 5.92 Å². The maximum absolute atomic E-state index is 13.2. The van der Waals surface area contributed by atoms with E-state index >= 15 is 0 Å². The van der Waals surface area contributed by atoms with Gasteiger partial charge in [-0.3, -0.25) is 4.79 Å². The van der Waals surface area contributed by atoms with Gasteiger partial charge in [0.25, 0.3) is 0 Å². The number of carbonyl (C=O) groups is 2. The standard InChI is InChI=1S/C21H25NO3/c1-4-15(2)18(19(23)24)22-20(25)21(3,16-11-7-5-8-12-16)17-13-9-6-10-14-17/h5-15,18H,4H2,1-3H3,(H,22,25)(H,23,24)/t15-,18+/m0/s1. The molecule has 2 rings (SSSR count). The number of rotatable bonds is 7. The number of hydrogen-bond donors (Lipinski definition) is 2. The van der Waals surface area contributed by atoms with Crippen molar-refractivity contribution in [2.45, 2.75) is 38.6 Å². The number of carboxylic acid groups (broad SMARTS) is 1. The van der Waals surface area contributed by atoms with E-state index < -0.39 is 17.4 Å². The van der Waals surface area contributed by atoms with Crippen LogP contribution < -0.4 is 5.32 Å². The number of hydrogen-bond acceptors (Lipinski definition) is 2. The van der Waals surface area contributed by atoms with Gasteiger partial charge in [0, 0.05) is 0 Å². The topological polar surface area (TPSA) is 66.4 Å². The summed E-state index contributed by atoms with van der Waals surface area (Å²) in [5.41, 5.74) is 0.683. The number of carboxylic acids is 1. The Morgan fingerprint density at radius 3 is 1.80 bits per heavy atom. The zero-order chi connectivity index (χ0) is 18.4. The number of nitrogens with one attached hydrogen (secondary N) is 1. The number of amides is 1. The Labute approximate surface area is 148 Å². The van der Waals surface area contributed by atoms with Crippen molar-refractivity contribution in [1.29, 1.82) is 0 Å². The first kappa shape index (κ1) is 18.7. The van der Waals surface area contributed by atoms with Crippen LogP contribution in [0.5, 0.6) is 0 Å². The second-order valence-corrected chi connectivity index (χ2v) is 6.53. The molecule has 0 aromatic heterocycles. The minimum absolute atomic E-state index is 0.155. The monoisotopic (exact) mass is 339 g/mol. The molecule has 132 valence electrons. The molecule has 4 heteroatoms. The molecule has 0 saturated carbocycles. The van der Waals surface area contributed by atoms with Gasteiger partial charge in [-0.2, -0.15) is 0 Å². The Balaban J connectivity index is 2.46. The summed E-state index contributed by atoms with van der Waals surface area (Å²) in [5.74, 6) is -1.47. The van der Waals surface area contributed by atoms with Gasteiger partial charge in [-0.25, -0.2) is 4.79 Å². The Hall–Kier alpha value is -2.62. The largest absolute Gasteiger partial charge is 0.480 e. The molecule has 0 heterocycles. The maximum atomic E-state index is 13.2. The Kier molecular flexibility index (Phi) is 5.97. The lowest BCUT2D eigenvalue weighted by atomic mass is 9.75. The zero-order valence-corrected chi connectivity index (χ0v) is 14.9. The molecule has 0 spiro atoms. The van der Waals surface area contributed by atoms with Gasteiger partial charge in [0.2, 0.25) is 5.91 Å². The third kappa shape index (κ3) is 3.90. The summed E-state index contributed by atoms with van der Waals surface area (Å²) in [4.78, 5) is 24.8. The predicted octanol–water partition coefficient (Wildman–Crippen LogP) is 3.61. The van der Waals surface area contributed by atoms with Gasteiger partial charge >= 0.3 is 5.97 Å². The molecule has 0 aliphatic carbocycles. The third-order valence-electron chi connectivity index (χ3n) is 4.92. The smallest absolute Gasteiger partial charge is 0.326 e. The number of carbonyl (C=O) groups excluding carboxylic acids is 1. The molecule has 0 saturated heterocycles. The van der Waals surface area contributed by atoms with Gasteiger partial charge < -0.3 is 10.4 Å². The van der Waals surface area contributed by atoms with Crippen LogP contribution in [-0.2, 0) is 15.0 Å². The van der Waals surface area contributed by atoms with Crippen LogP contribution in [0.1, 0.15) is 38.3 Å². The lowest BCUT2D eigenvalue weighted by Crippen LogP contribution is -2.52. The zero-order valence-electron chi connectivity index (χ0n) is 14.9. The molecule has 0 aliphatic rings. The molecule has 2 aromatic rings. The third-order valence-corrected chi connectivity index (χ3v) is 4.92. The normalized spacial score (nSPS) is 13.7. The van der Waals surface area contributed by atoms with Gasteiger partial charge in [0.15, 0.2) is 0 Å². The van der Waals surface area contributed by atoms with E-state index in [4.69, 9.17) is 0 Å². The molecule has 1 amide bonds. The van der Waals surface area contributed by atoms with E-state index in [9.17, 15) is 14.7 Å². The molecule has 0 aliphatic heterocycles. The molecule has 2 N–H and O–H groups in total. The second-order valence-electron chi connectivity index (χ2n) is 6.53. The van der Waals surface area contributed by atoms with E-state index in [1.165, 1.54) is 0 Å². The lowest BCUT2D eigenvalue weighted by Gasteiger charge is -2.32. The van der Waals surface area contributed by atoms with Crippen LogP contribution in [-0.4, -0.2) is 23.0 Å². The summed E-state index contributed by atoms with van der Waals surface area (Å²) in [6, 6.07) is 18.0. The first-order chi connectivity index (χ1) is 11.9. The number of aliphatic carboxylic acids is 1. The highest BCUT2D eigenvalue weighted by Crippen LogP contribution is 2.32. The van der Waals surface area contributed by atoms with Crippen molar-refractivity contribution in [1.82, 2.24) is 5.32 Å². The summed E-state index contributed by atoms with van der Waals surface area (Å²) >= 11 is 0. The molecule has 2 atom stereocenters. The lowest BCUT2D eigenvalue weighted by molar-refractivity contribution is -0.144. The molecule has 4 nitrogen and oxygen atoms in total. The quantitative estimate of drug-likeness (QED) is 0.810. The predicted molar refractivity (Wildman–Crippen MR) is 98.4 cm³/mol. The fourth-order valence-electron chi connectivity index (χ4n) is 2.94. The van der Waals surface area contributed by atoms with Crippen molar-refractivity contribution in [2.75, 3.05) is 0 Å². The van der Waals surface area contributed by atoms with Gasteiger partial charge in [-0.1, -0.05) is 80.9 Å². The molecule has 0 fully saturated rings. The Bertz CT molecular complexity index is 673. The van der Waals surface area contributed by atoms with Crippen molar-refractivity contribution in [3.8, 4) is 0 Å². The molecule has 25 heavy (non-hydrogen) atoms. The maximum Gasteiger partial charge on any atom is 0.326 e. The first-order valence-electron chi connectivity index (χ1n) is 8.56. The van der Waals surface area contributed by atoms with Gasteiger partial charge in [0.05, 0.1) is 5.41 Å². The van der Waals surface area contributed by atoms with E-state index in [1.807, 2.05) is 81.4 Å². The van der Waals surface area contributed by atoms with Gasteiger partial charge in [0.1, 0.15) is 6.04 Å². The highest BCUT2D eigenvalue weighted by atomic mass is 16.4. The molecular weight excluding hydrogens is 314 g/mol. The van der Waals surface area contributed by atoms with Crippen LogP contribution in [0.2, 0.25) is 0 Å². The van der Waals surface area contributed by atoms with Crippen LogP contribution in [0.4, 0.5) is 0 Å². The van der Waals surface area contributed by atoms with Crippen LogP contribution >= 0.6 is 0 Å². The van der Waals surface area contributed by atoms with E-state index in [1.54, 1.807) is 0 Å². The van der Waals surface area contributed by atoms with Gasteiger partial charge in [-0.15, -0.1) is 0 Å². The van der Waals surface area contributed by atoms with Crippen LogP contribution in [0.15, 0.2) is 60.7 Å². The summed E-state index contributed by atoms with van der Waals surface area (Å²) in [6.07, 6.45) is 0.671. The Morgan fingerprint density at radius 1 is 1.00 bits per heavy atom. The highest BCUT2D eigenvalue weighted by Gasteiger charge is 2.39. The average Bonchev–Trinajstić information content (AvgIpc) is 2.65. The van der Waals surface area contributed by atoms with Crippen molar-refractivity contribution in [3.05, 3.63) is 71.8 Å². The summed E-state index contributed by atoms with van der Waals surface area (Å²) < 4.78 is 0. The van der Waals surface area contributed by atoms with E-state index in [0.717, 1.165) is 11.1 Å². The molecule has 0 radical (unpaired) electrons. The highest BCUT2D eigenvalue weighted by molar-refractivity contribution is 5.94. The van der Waals surface area contributed by atoms with E-state index in [0.29, 0.717) is 6.42 Å². The molecule has 0 unspecified atom stereocenters. The van der Waals surface area contributed by atoms with Crippen molar-refractivity contribution < 1.29 is 14.7 Å². The minimum atomic E-state index is -1.01. The van der Waals surface area contributed by atoms with Gasteiger partial charge in [-0.05, 0) is 24.0 Å². The van der Waals surface area contributed by atoms with Crippen LogP contribution in [0, 0.1) is 5.92 Å².